The largest absolute Gasteiger partial charge is 0.318 e. The number of nitrogens with two attached hydrogens (primary N) is 1. The molecule has 0 radical (unpaired) electrons. The monoisotopic (exact) mass is 489 g/mol. The first kappa shape index (κ1) is 23.0. The van der Waals surface area contributed by atoms with Crippen LogP contribution in [0, 0.1) is 0 Å². The Balaban J connectivity index is 1.53. The molecular formula is C37H31N. The molecule has 0 heterocycles. The van der Waals surface area contributed by atoms with E-state index in [9.17, 15) is 0 Å². The van der Waals surface area contributed by atoms with Crippen LogP contribution in [-0.2, 0) is 17.4 Å². The highest BCUT2D eigenvalue weighted by Gasteiger charge is 2.49. The SMILES string of the molecule is CC1=C/C(C(C)(N)c2ccc3c(c2)C2(c4ccccc4C3)c3ccccc3-c3ccccc32)=C\C=C\C=C1. The fourth-order valence-electron chi connectivity index (χ4n) is 6.87. The fraction of sp³-hybridized carbons (Fsp3) is 0.135. The molecule has 3 aliphatic carbocycles. The van der Waals surface area contributed by atoms with Gasteiger partial charge in [0, 0.05) is 0 Å². The van der Waals surface area contributed by atoms with Crippen LogP contribution in [0.5, 0.6) is 0 Å². The Bertz CT molecular complexity index is 1680. The van der Waals surface area contributed by atoms with E-state index in [1.165, 1.54) is 50.1 Å². The maximum absolute atomic E-state index is 7.23. The van der Waals surface area contributed by atoms with E-state index in [0.717, 1.165) is 17.6 Å². The third kappa shape index (κ3) is 3.15. The molecule has 184 valence electrons. The zero-order valence-corrected chi connectivity index (χ0v) is 21.9. The summed E-state index contributed by atoms with van der Waals surface area (Å²) in [5, 5.41) is 0. The highest BCUT2D eigenvalue weighted by atomic mass is 14.7. The average Bonchev–Trinajstić information content (AvgIpc) is 3.22. The van der Waals surface area contributed by atoms with Crippen LogP contribution in [0.4, 0.5) is 0 Å². The molecule has 1 heteroatoms. The standard InChI is InChI=1S/C37H31N/c1-25-12-4-3-5-14-28(22-25)36(2,38)29-21-20-27-23-26-13-6-9-17-32(26)37(35(27)24-29)33-18-10-7-15-30(33)31-16-8-11-19-34(31)37/h3-22,24H,23,38H2,1-2H3/b4-3?,5-3+,12-4?,14-5?,25-12?,25-22?,28-14+,28-22?. The summed E-state index contributed by atoms with van der Waals surface area (Å²) < 4.78 is 0. The Hall–Kier alpha value is -4.20. The van der Waals surface area contributed by atoms with Crippen molar-refractivity contribution in [1.29, 1.82) is 0 Å². The maximum atomic E-state index is 7.23. The summed E-state index contributed by atoms with van der Waals surface area (Å²) in [5.74, 6) is 0. The van der Waals surface area contributed by atoms with Crippen molar-refractivity contribution in [1.82, 2.24) is 0 Å². The predicted molar refractivity (Wildman–Crippen MR) is 158 cm³/mol. The topological polar surface area (TPSA) is 26.0 Å². The zero-order valence-electron chi connectivity index (χ0n) is 21.9. The van der Waals surface area contributed by atoms with Crippen molar-refractivity contribution < 1.29 is 0 Å². The third-order valence-corrected chi connectivity index (χ3v) is 8.71. The van der Waals surface area contributed by atoms with Crippen molar-refractivity contribution in [3.05, 3.63) is 178 Å². The van der Waals surface area contributed by atoms with E-state index in [4.69, 9.17) is 5.73 Å². The summed E-state index contributed by atoms with van der Waals surface area (Å²) >= 11 is 0. The Morgan fingerprint density at radius 1 is 0.684 bits per heavy atom. The van der Waals surface area contributed by atoms with E-state index in [-0.39, 0.29) is 5.41 Å². The van der Waals surface area contributed by atoms with Crippen LogP contribution in [0.2, 0.25) is 0 Å². The molecule has 7 rings (SSSR count). The quantitative estimate of drug-likeness (QED) is 0.261. The number of benzene rings is 4. The summed E-state index contributed by atoms with van der Waals surface area (Å²) in [6.07, 6.45) is 13.6. The van der Waals surface area contributed by atoms with E-state index >= 15 is 0 Å². The number of fused-ring (bicyclic) bond motifs is 9. The van der Waals surface area contributed by atoms with Crippen molar-refractivity contribution in [2.45, 2.75) is 31.2 Å². The molecule has 1 nitrogen and oxygen atoms in total. The van der Waals surface area contributed by atoms with Crippen molar-refractivity contribution in [3.8, 4) is 11.1 Å². The summed E-state index contributed by atoms with van der Waals surface area (Å²) in [4.78, 5) is 0. The van der Waals surface area contributed by atoms with Gasteiger partial charge in [0.05, 0.1) is 11.0 Å². The molecule has 1 spiro atoms. The van der Waals surface area contributed by atoms with Gasteiger partial charge in [0.1, 0.15) is 0 Å². The second-order valence-electron chi connectivity index (χ2n) is 11.0. The molecular weight excluding hydrogens is 458 g/mol. The normalized spacial score (nSPS) is 20.0. The number of rotatable bonds is 2. The first-order valence-corrected chi connectivity index (χ1v) is 13.5. The van der Waals surface area contributed by atoms with Gasteiger partial charge in [0.25, 0.3) is 0 Å². The molecule has 2 N–H and O–H groups in total. The van der Waals surface area contributed by atoms with Crippen molar-refractivity contribution in [2.75, 3.05) is 0 Å². The van der Waals surface area contributed by atoms with E-state index in [2.05, 4.69) is 141 Å². The molecule has 0 aliphatic heterocycles. The molecule has 4 aromatic carbocycles. The van der Waals surface area contributed by atoms with Gasteiger partial charge in [-0.3, -0.25) is 0 Å². The lowest BCUT2D eigenvalue weighted by molar-refractivity contribution is 0.596. The fourth-order valence-corrected chi connectivity index (χ4v) is 6.87. The lowest BCUT2D eigenvalue weighted by atomic mass is 9.61. The third-order valence-electron chi connectivity index (χ3n) is 8.71. The highest BCUT2D eigenvalue weighted by Crippen LogP contribution is 2.59. The molecule has 0 saturated heterocycles. The van der Waals surface area contributed by atoms with E-state index < -0.39 is 5.54 Å². The van der Waals surface area contributed by atoms with E-state index in [0.29, 0.717) is 0 Å². The van der Waals surface area contributed by atoms with Crippen molar-refractivity contribution >= 4 is 0 Å². The van der Waals surface area contributed by atoms with Crippen molar-refractivity contribution in [3.63, 3.8) is 0 Å². The molecule has 1 atom stereocenters. The Morgan fingerprint density at radius 2 is 1.32 bits per heavy atom. The second-order valence-corrected chi connectivity index (χ2v) is 11.0. The smallest absolute Gasteiger partial charge is 0.0719 e. The summed E-state index contributed by atoms with van der Waals surface area (Å²) in [5.41, 5.74) is 20.5. The molecule has 4 aromatic rings. The number of allylic oxidation sites excluding steroid dienone is 6. The van der Waals surface area contributed by atoms with Gasteiger partial charge in [0.2, 0.25) is 0 Å². The molecule has 0 fully saturated rings. The minimum Gasteiger partial charge on any atom is -0.318 e. The second kappa shape index (κ2) is 8.41. The van der Waals surface area contributed by atoms with Crippen LogP contribution in [0.15, 0.2) is 139 Å². The molecule has 0 amide bonds. The van der Waals surface area contributed by atoms with Crippen LogP contribution in [0.3, 0.4) is 0 Å². The van der Waals surface area contributed by atoms with Gasteiger partial charge in [-0.15, -0.1) is 0 Å². The van der Waals surface area contributed by atoms with E-state index in [1.54, 1.807) is 0 Å². The maximum Gasteiger partial charge on any atom is 0.0719 e. The molecule has 3 aliphatic rings. The van der Waals surface area contributed by atoms with Gasteiger partial charge in [0.15, 0.2) is 0 Å². The number of hydrogen-bond donors (Lipinski definition) is 1. The Morgan fingerprint density at radius 3 is 2.05 bits per heavy atom. The van der Waals surface area contributed by atoms with Crippen molar-refractivity contribution in [2.24, 2.45) is 5.73 Å². The number of hydrogen-bond acceptors (Lipinski definition) is 1. The van der Waals surface area contributed by atoms with Gasteiger partial charge >= 0.3 is 0 Å². The van der Waals surface area contributed by atoms with Gasteiger partial charge in [-0.05, 0) is 75.9 Å². The summed E-state index contributed by atoms with van der Waals surface area (Å²) in [6.45, 7) is 4.27. The van der Waals surface area contributed by atoms with E-state index in [1.807, 2.05) is 0 Å². The van der Waals surface area contributed by atoms with Crippen LogP contribution in [-0.4, -0.2) is 0 Å². The summed E-state index contributed by atoms with van der Waals surface area (Å²) in [6, 6.07) is 33.9. The average molecular weight is 490 g/mol. The Labute approximate surface area is 225 Å². The molecule has 0 bridgehead atoms. The molecule has 0 saturated carbocycles. The minimum absolute atomic E-state index is 0.368. The summed E-state index contributed by atoms with van der Waals surface area (Å²) in [7, 11) is 0. The van der Waals surface area contributed by atoms with Crippen LogP contribution < -0.4 is 5.73 Å². The molecule has 0 aromatic heterocycles. The van der Waals surface area contributed by atoms with Gasteiger partial charge in [-0.1, -0.05) is 133 Å². The van der Waals surface area contributed by atoms with Crippen LogP contribution >= 0.6 is 0 Å². The lowest BCUT2D eigenvalue weighted by Crippen LogP contribution is -2.38. The molecule has 1 unspecified atom stereocenters. The predicted octanol–water partition coefficient (Wildman–Crippen LogP) is 8.13. The minimum atomic E-state index is -0.651. The van der Waals surface area contributed by atoms with Gasteiger partial charge in [-0.25, -0.2) is 0 Å². The first-order valence-electron chi connectivity index (χ1n) is 13.5. The highest BCUT2D eigenvalue weighted by molar-refractivity contribution is 5.87. The van der Waals surface area contributed by atoms with Crippen LogP contribution in [0.25, 0.3) is 11.1 Å². The zero-order chi connectivity index (χ0) is 25.9. The van der Waals surface area contributed by atoms with Crippen LogP contribution in [0.1, 0.15) is 52.8 Å². The van der Waals surface area contributed by atoms with Gasteiger partial charge < -0.3 is 5.73 Å². The lowest BCUT2D eigenvalue weighted by Gasteiger charge is -2.41. The molecule has 38 heavy (non-hydrogen) atoms. The van der Waals surface area contributed by atoms with Gasteiger partial charge in [-0.2, -0.15) is 0 Å². The Kier molecular flexibility index (Phi) is 5.08. The first-order chi connectivity index (χ1) is 18.5.